The van der Waals surface area contributed by atoms with Crippen molar-refractivity contribution in [3.8, 4) is 0 Å². The average Bonchev–Trinajstić information content (AvgIpc) is 2.96. The van der Waals surface area contributed by atoms with Crippen molar-refractivity contribution in [2.75, 3.05) is 0 Å². The molecule has 0 radical (unpaired) electrons. The number of rotatable bonds is 4. The van der Waals surface area contributed by atoms with Gasteiger partial charge in [0.1, 0.15) is 17.8 Å². The molecule has 2 rings (SSSR count). The molecule has 0 saturated carbocycles. The Morgan fingerprint density at radius 3 is 2.78 bits per heavy atom. The molecule has 2 heterocycles. The number of aryl methyl sites for hydroxylation is 1. The van der Waals surface area contributed by atoms with Gasteiger partial charge in [0.25, 0.3) is 5.91 Å². The smallest absolute Gasteiger partial charge is 0.268 e. The second-order valence-electron chi connectivity index (χ2n) is 4.52. The molecular formula is C12H17N5O. The number of aromatic nitrogens is 4. The summed E-state index contributed by atoms with van der Waals surface area (Å²) < 4.78 is 1.68. The van der Waals surface area contributed by atoms with Crippen LogP contribution in [-0.2, 0) is 7.05 Å². The van der Waals surface area contributed by atoms with E-state index in [-0.39, 0.29) is 17.9 Å². The third-order valence-electron chi connectivity index (χ3n) is 2.82. The van der Waals surface area contributed by atoms with Crippen LogP contribution in [-0.4, -0.2) is 25.7 Å². The Kier molecular flexibility index (Phi) is 3.45. The van der Waals surface area contributed by atoms with E-state index in [0.717, 1.165) is 5.82 Å². The number of aromatic amines is 1. The van der Waals surface area contributed by atoms with Crippen LogP contribution in [0.3, 0.4) is 0 Å². The van der Waals surface area contributed by atoms with Crippen molar-refractivity contribution < 1.29 is 4.79 Å². The molecule has 0 fully saturated rings. The highest BCUT2D eigenvalue weighted by atomic mass is 16.2. The van der Waals surface area contributed by atoms with Crippen molar-refractivity contribution in [1.29, 1.82) is 0 Å². The molecule has 0 spiro atoms. The summed E-state index contributed by atoms with van der Waals surface area (Å²) in [5.74, 6) is 0.846. The quantitative estimate of drug-likeness (QED) is 0.854. The van der Waals surface area contributed by atoms with E-state index in [9.17, 15) is 4.79 Å². The summed E-state index contributed by atoms with van der Waals surface area (Å²) >= 11 is 0. The highest BCUT2D eigenvalue weighted by molar-refractivity contribution is 5.92. The van der Waals surface area contributed by atoms with Crippen LogP contribution >= 0.6 is 0 Å². The van der Waals surface area contributed by atoms with Crippen molar-refractivity contribution in [3.05, 3.63) is 36.2 Å². The number of amides is 1. The molecule has 0 aliphatic carbocycles. The summed E-state index contributed by atoms with van der Waals surface area (Å²) in [4.78, 5) is 19.1. The van der Waals surface area contributed by atoms with Gasteiger partial charge < -0.3 is 10.3 Å². The van der Waals surface area contributed by atoms with Gasteiger partial charge in [-0.25, -0.2) is 4.98 Å². The second kappa shape index (κ2) is 5.03. The van der Waals surface area contributed by atoms with Gasteiger partial charge in [0.2, 0.25) is 0 Å². The molecule has 2 aromatic heterocycles. The maximum atomic E-state index is 12.0. The zero-order chi connectivity index (χ0) is 13.1. The lowest BCUT2D eigenvalue weighted by atomic mass is 10.0. The first-order valence-corrected chi connectivity index (χ1v) is 5.87. The SMILES string of the molecule is CC(C)C(NC(=O)c1ccc[nH]1)c1ncnn1C. The molecule has 0 bridgehead atoms. The van der Waals surface area contributed by atoms with E-state index in [1.165, 1.54) is 6.33 Å². The predicted octanol–water partition coefficient (Wildman–Crippen LogP) is 1.27. The van der Waals surface area contributed by atoms with Crippen molar-refractivity contribution in [3.63, 3.8) is 0 Å². The third-order valence-corrected chi connectivity index (χ3v) is 2.82. The summed E-state index contributed by atoms with van der Waals surface area (Å²) in [7, 11) is 1.82. The number of H-pyrrole nitrogens is 1. The van der Waals surface area contributed by atoms with Crippen LogP contribution in [0.4, 0.5) is 0 Å². The molecule has 6 heteroatoms. The fourth-order valence-electron chi connectivity index (χ4n) is 1.81. The lowest BCUT2D eigenvalue weighted by molar-refractivity contribution is 0.0917. The van der Waals surface area contributed by atoms with Gasteiger partial charge in [0.05, 0.1) is 6.04 Å². The highest BCUT2D eigenvalue weighted by Gasteiger charge is 2.23. The number of carbonyl (C=O) groups excluding carboxylic acids is 1. The second-order valence-corrected chi connectivity index (χ2v) is 4.52. The van der Waals surface area contributed by atoms with Gasteiger partial charge in [-0.1, -0.05) is 13.8 Å². The van der Waals surface area contributed by atoms with Gasteiger partial charge in [-0.2, -0.15) is 5.10 Å². The monoisotopic (exact) mass is 247 g/mol. The van der Waals surface area contributed by atoms with Crippen LogP contribution in [0.25, 0.3) is 0 Å². The molecule has 0 aromatic carbocycles. The molecule has 1 amide bonds. The Bertz CT molecular complexity index is 514. The molecule has 18 heavy (non-hydrogen) atoms. The standard InChI is InChI=1S/C12H17N5O/c1-8(2)10(11-14-7-15-17(11)3)16-12(18)9-5-4-6-13-9/h4-8,10,13H,1-3H3,(H,16,18). The van der Waals surface area contributed by atoms with Crippen molar-refractivity contribution in [2.45, 2.75) is 19.9 Å². The molecule has 0 saturated heterocycles. The number of nitrogens with zero attached hydrogens (tertiary/aromatic N) is 3. The first kappa shape index (κ1) is 12.3. The van der Waals surface area contributed by atoms with Crippen molar-refractivity contribution in [2.24, 2.45) is 13.0 Å². The molecule has 2 N–H and O–H groups in total. The Morgan fingerprint density at radius 2 is 2.28 bits per heavy atom. The topological polar surface area (TPSA) is 75.6 Å². The Morgan fingerprint density at radius 1 is 1.50 bits per heavy atom. The lowest BCUT2D eigenvalue weighted by Gasteiger charge is -2.21. The highest BCUT2D eigenvalue weighted by Crippen LogP contribution is 2.19. The van der Waals surface area contributed by atoms with Gasteiger partial charge >= 0.3 is 0 Å². The van der Waals surface area contributed by atoms with Crippen LogP contribution in [0.5, 0.6) is 0 Å². The summed E-state index contributed by atoms with van der Waals surface area (Å²) in [5, 5.41) is 7.00. The summed E-state index contributed by atoms with van der Waals surface area (Å²) in [6, 6.07) is 3.37. The Hall–Kier alpha value is -2.11. The minimum Gasteiger partial charge on any atom is -0.357 e. The van der Waals surface area contributed by atoms with Crippen molar-refractivity contribution >= 4 is 5.91 Å². The van der Waals surface area contributed by atoms with Gasteiger partial charge in [0, 0.05) is 13.2 Å². The van der Waals surface area contributed by atoms with E-state index in [2.05, 4.69) is 20.4 Å². The van der Waals surface area contributed by atoms with E-state index in [0.29, 0.717) is 5.69 Å². The first-order valence-electron chi connectivity index (χ1n) is 5.87. The van der Waals surface area contributed by atoms with Crippen LogP contribution in [0, 0.1) is 5.92 Å². The van der Waals surface area contributed by atoms with Crippen LogP contribution in [0.1, 0.15) is 36.2 Å². The number of hydrogen-bond donors (Lipinski definition) is 2. The molecule has 96 valence electrons. The van der Waals surface area contributed by atoms with E-state index < -0.39 is 0 Å². The van der Waals surface area contributed by atoms with Gasteiger partial charge in [0.15, 0.2) is 0 Å². The normalized spacial score (nSPS) is 12.7. The minimum atomic E-state index is -0.159. The zero-order valence-electron chi connectivity index (χ0n) is 10.7. The molecule has 1 unspecified atom stereocenters. The molecule has 2 aromatic rings. The maximum Gasteiger partial charge on any atom is 0.268 e. The molecule has 6 nitrogen and oxygen atoms in total. The number of nitrogens with one attached hydrogen (secondary N) is 2. The van der Waals surface area contributed by atoms with E-state index in [1.54, 1.807) is 23.0 Å². The number of hydrogen-bond acceptors (Lipinski definition) is 3. The first-order chi connectivity index (χ1) is 8.59. The Balaban J connectivity index is 2.18. The van der Waals surface area contributed by atoms with E-state index in [4.69, 9.17) is 0 Å². The fourth-order valence-corrected chi connectivity index (χ4v) is 1.81. The van der Waals surface area contributed by atoms with Crippen molar-refractivity contribution in [1.82, 2.24) is 25.1 Å². The average molecular weight is 247 g/mol. The van der Waals surface area contributed by atoms with Gasteiger partial charge in [-0.15, -0.1) is 0 Å². The number of carbonyl (C=O) groups is 1. The molecular weight excluding hydrogens is 230 g/mol. The zero-order valence-corrected chi connectivity index (χ0v) is 10.7. The lowest BCUT2D eigenvalue weighted by Crippen LogP contribution is -2.33. The van der Waals surface area contributed by atoms with E-state index >= 15 is 0 Å². The van der Waals surface area contributed by atoms with Crippen LogP contribution < -0.4 is 5.32 Å². The van der Waals surface area contributed by atoms with Crippen LogP contribution in [0.2, 0.25) is 0 Å². The largest absolute Gasteiger partial charge is 0.357 e. The molecule has 0 aliphatic heterocycles. The Labute approximate surface area is 105 Å². The van der Waals surface area contributed by atoms with Crippen LogP contribution in [0.15, 0.2) is 24.7 Å². The van der Waals surface area contributed by atoms with Gasteiger partial charge in [-0.3, -0.25) is 9.48 Å². The summed E-state index contributed by atoms with van der Waals surface area (Å²) in [6.07, 6.45) is 3.22. The molecule has 1 atom stereocenters. The van der Waals surface area contributed by atoms with Gasteiger partial charge in [-0.05, 0) is 18.1 Å². The predicted molar refractivity (Wildman–Crippen MR) is 66.8 cm³/mol. The maximum absolute atomic E-state index is 12.0. The molecule has 0 aliphatic rings. The third kappa shape index (κ3) is 2.42. The minimum absolute atomic E-state index is 0.137. The fraction of sp³-hybridized carbons (Fsp3) is 0.417. The summed E-state index contributed by atoms with van der Waals surface area (Å²) in [5.41, 5.74) is 0.544. The summed E-state index contributed by atoms with van der Waals surface area (Å²) in [6.45, 7) is 4.07. The van der Waals surface area contributed by atoms with E-state index in [1.807, 2.05) is 20.9 Å².